The van der Waals surface area contributed by atoms with Crippen LogP contribution in [0.5, 0.6) is 0 Å². The fourth-order valence-corrected chi connectivity index (χ4v) is 3.25. The van der Waals surface area contributed by atoms with E-state index in [1.54, 1.807) is 24.3 Å². The van der Waals surface area contributed by atoms with Crippen molar-refractivity contribution in [2.75, 3.05) is 7.05 Å². The minimum absolute atomic E-state index is 0.00329. The predicted octanol–water partition coefficient (Wildman–Crippen LogP) is 2.23. The number of carbonyl (C=O) groups excluding carboxylic acids is 1. The van der Waals surface area contributed by atoms with Gasteiger partial charge in [0.25, 0.3) is 5.91 Å². The van der Waals surface area contributed by atoms with Gasteiger partial charge in [0.1, 0.15) is 0 Å². The van der Waals surface area contributed by atoms with Crippen molar-refractivity contribution in [2.24, 2.45) is 0 Å². The molecule has 0 aliphatic carbocycles. The molecule has 0 spiro atoms. The molecule has 0 aliphatic heterocycles. The summed E-state index contributed by atoms with van der Waals surface area (Å²) in [5.74, 6) is 0.0323. The number of amides is 1. The van der Waals surface area contributed by atoms with Crippen molar-refractivity contribution in [3.8, 4) is 11.4 Å². The molecule has 0 unspecified atom stereocenters. The highest BCUT2D eigenvalue weighted by Gasteiger charge is 2.16. The molecule has 1 amide bonds. The first-order valence-corrected chi connectivity index (χ1v) is 9.66. The fourth-order valence-electron chi connectivity index (χ4n) is 2.26. The summed E-state index contributed by atoms with van der Waals surface area (Å²) in [6.45, 7) is -0.0146. The van der Waals surface area contributed by atoms with E-state index >= 15 is 0 Å². The highest BCUT2D eigenvalue weighted by atomic mass is 35.5. The van der Waals surface area contributed by atoms with Crippen LogP contribution in [0.3, 0.4) is 0 Å². The highest BCUT2D eigenvalue weighted by Crippen LogP contribution is 2.24. The van der Waals surface area contributed by atoms with Crippen molar-refractivity contribution in [3.63, 3.8) is 0 Å². The van der Waals surface area contributed by atoms with E-state index in [1.807, 2.05) is 0 Å². The van der Waals surface area contributed by atoms with Crippen LogP contribution in [0.2, 0.25) is 5.02 Å². The first-order chi connectivity index (χ1) is 12.9. The second kappa shape index (κ2) is 7.87. The molecule has 0 bridgehead atoms. The Morgan fingerprint density at radius 2 is 1.96 bits per heavy atom. The zero-order valence-electron chi connectivity index (χ0n) is 14.1. The molecular weight excluding hydrogens is 392 g/mol. The van der Waals surface area contributed by atoms with Crippen LogP contribution in [0, 0.1) is 0 Å². The summed E-state index contributed by atoms with van der Waals surface area (Å²) in [7, 11) is -2.34. The van der Waals surface area contributed by atoms with Crippen LogP contribution in [-0.4, -0.2) is 31.5 Å². The Morgan fingerprint density at radius 3 is 2.70 bits per heavy atom. The van der Waals surface area contributed by atoms with Gasteiger partial charge in [0.15, 0.2) is 0 Å². The summed E-state index contributed by atoms with van der Waals surface area (Å²) < 4.78 is 31.0. The van der Waals surface area contributed by atoms with E-state index in [-0.39, 0.29) is 22.9 Å². The second-order valence-electron chi connectivity index (χ2n) is 5.41. The van der Waals surface area contributed by atoms with E-state index in [4.69, 9.17) is 16.1 Å². The van der Waals surface area contributed by atoms with Crippen molar-refractivity contribution in [2.45, 2.75) is 11.4 Å². The minimum Gasteiger partial charge on any atom is -0.343 e. The third-order valence-corrected chi connectivity index (χ3v) is 5.40. The van der Waals surface area contributed by atoms with Crippen LogP contribution in [-0.2, 0) is 16.6 Å². The normalized spacial score (nSPS) is 11.3. The molecule has 1 heterocycles. The van der Waals surface area contributed by atoms with Gasteiger partial charge in [-0.05, 0) is 37.4 Å². The minimum atomic E-state index is -3.64. The number of nitrogens with zero attached hydrogens (tertiary/aromatic N) is 2. The Hall–Kier alpha value is -2.75. The van der Waals surface area contributed by atoms with Crippen molar-refractivity contribution >= 4 is 27.5 Å². The molecule has 0 fully saturated rings. The predicted molar refractivity (Wildman–Crippen MR) is 98.6 cm³/mol. The molecule has 140 valence electrons. The summed E-state index contributed by atoms with van der Waals surface area (Å²) in [5.41, 5.74) is 0.808. The van der Waals surface area contributed by atoms with Gasteiger partial charge in [-0.2, -0.15) is 4.98 Å². The highest BCUT2D eigenvalue weighted by molar-refractivity contribution is 7.89. The number of hydrogen-bond acceptors (Lipinski definition) is 6. The van der Waals surface area contributed by atoms with Crippen LogP contribution in [0.1, 0.15) is 16.2 Å². The molecule has 10 heteroatoms. The molecule has 0 saturated heterocycles. The number of aromatic nitrogens is 2. The summed E-state index contributed by atoms with van der Waals surface area (Å²) in [6, 6.07) is 12.7. The third kappa shape index (κ3) is 4.33. The first-order valence-electron chi connectivity index (χ1n) is 7.80. The zero-order valence-corrected chi connectivity index (χ0v) is 15.7. The molecule has 27 heavy (non-hydrogen) atoms. The number of sulfonamides is 1. The van der Waals surface area contributed by atoms with Crippen LogP contribution < -0.4 is 10.0 Å². The number of carbonyl (C=O) groups is 1. The smallest absolute Gasteiger partial charge is 0.251 e. The monoisotopic (exact) mass is 406 g/mol. The third-order valence-electron chi connectivity index (χ3n) is 3.66. The number of halogens is 1. The Bertz CT molecular complexity index is 1080. The Balaban J connectivity index is 1.70. The number of hydrogen-bond donors (Lipinski definition) is 2. The van der Waals surface area contributed by atoms with Crippen LogP contribution in [0.15, 0.2) is 57.9 Å². The molecule has 0 saturated carbocycles. The molecule has 1 aromatic heterocycles. The van der Waals surface area contributed by atoms with Gasteiger partial charge in [0.2, 0.25) is 21.7 Å². The zero-order chi connectivity index (χ0) is 19.4. The van der Waals surface area contributed by atoms with Gasteiger partial charge in [-0.1, -0.05) is 35.0 Å². The van der Waals surface area contributed by atoms with E-state index in [0.29, 0.717) is 16.4 Å². The Kier molecular flexibility index (Phi) is 5.54. The van der Waals surface area contributed by atoms with Gasteiger partial charge in [-0.3, -0.25) is 4.79 Å². The lowest BCUT2D eigenvalue weighted by Gasteiger charge is -2.06. The topological polar surface area (TPSA) is 114 Å². The maximum absolute atomic E-state index is 12.3. The average Bonchev–Trinajstić information content (AvgIpc) is 3.15. The number of benzene rings is 2. The van der Waals surface area contributed by atoms with Gasteiger partial charge in [0, 0.05) is 11.1 Å². The van der Waals surface area contributed by atoms with E-state index in [0.717, 1.165) is 0 Å². The summed E-state index contributed by atoms with van der Waals surface area (Å²) in [4.78, 5) is 16.5. The van der Waals surface area contributed by atoms with Gasteiger partial charge >= 0.3 is 0 Å². The summed E-state index contributed by atoms with van der Waals surface area (Å²) >= 11 is 6.09. The fraction of sp³-hybridized carbons (Fsp3) is 0.118. The number of rotatable bonds is 6. The van der Waals surface area contributed by atoms with Crippen LogP contribution in [0.25, 0.3) is 11.4 Å². The van der Waals surface area contributed by atoms with Crippen molar-refractivity contribution in [3.05, 3.63) is 65.0 Å². The quantitative estimate of drug-likeness (QED) is 0.648. The average molecular weight is 407 g/mol. The second-order valence-corrected chi connectivity index (χ2v) is 7.70. The van der Waals surface area contributed by atoms with E-state index in [9.17, 15) is 13.2 Å². The lowest BCUT2D eigenvalue weighted by molar-refractivity contribution is 0.0946. The standard InChI is InChI=1S/C17H15ClN4O4S/c1-19-27(24,25)12-6-4-5-11(9-12)17(23)20-10-15-21-16(22-26-15)13-7-2-3-8-14(13)18/h2-9,19H,10H2,1H3,(H,20,23). The van der Waals surface area contributed by atoms with Gasteiger partial charge in [-0.15, -0.1) is 0 Å². The molecule has 2 aromatic carbocycles. The lowest BCUT2D eigenvalue weighted by atomic mass is 10.2. The Morgan fingerprint density at radius 1 is 1.19 bits per heavy atom. The van der Waals surface area contributed by atoms with Gasteiger partial charge < -0.3 is 9.84 Å². The summed E-state index contributed by atoms with van der Waals surface area (Å²) in [5, 5.41) is 6.94. The molecule has 8 nitrogen and oxygen atoms in total. The van der Waals surface area contributed by atoms with Crippen LogP contribution in [0.4, 0.5) is 0 Å². The maximum atomic E-state index is 12.3. The van der Waals surface area contributed by atoms with Crippen molar-refractivity contribution < 1.29 is 17.7 Å². The molecule has 0 radical (unpaired) electrons. The largest absolute Gasteiger partial charge is 0.343 e. The molecule has 0 atom stereocenters. The maximum Gasteiger partial charge on any atom is 0.251 e. The molecule has 3 aromatic rings. The molecular formula is C17H15ClN4O4S. The lowest BCUT2D eigenvalue weighted by Crippen LogP contribution is -2.24. The molecule has 0 aliphatic rings. The van der Waals surface area contributed by atoms with Gasteiger partial charge in [-0.25, -0.2) is 13.1 Å². The number of nitrogens with one attached hydrogen (secondary N) is 2. The molecule has 2 N–H and O–H groups in total. The summed E-state index contributed by atoms with van der Waals surface area (Å²) in [6.07, 6.45) is 0. The van der Waals surface area contributed by atoms with Gasteiger partial charge in [0.05, 0.1) is 16.5 Å². The van der Waals surface area contributed by atoms with Crippen molar-refractivity contribution in [1.82, 2.24) is 20.2 Å². The molecule has 3 rings (SSSR count). The SMILES string of the molecule is CNS(=O)(=O)c1cccc(C(=O)NCc2nc(-c3ccccc3Cl)no2)c1. The van der Waals surface area contributed by atoms with E-state index < -0.39 is 15.9 Å². The van der Waals surface area contributed by atoms with E-state index in [1.165, 1.54) is 31.3 Å². The first kappa shape index (κ1) is 19.0. The van der Waals surface area contributed by atoms with E-state index in [2.05, 4.69) is 20.2 Å². The van der Waals surface area contributed by atoms with Crippen molar-refractivity contribution in [1.29, 1.82) is 0 Å². The van der Waals surface area contributed by atoms with Crippen LogP contribution >= 0.6 is 11.6 Å². The Labute approximate surface area is 160 Å².